The Morgan fingerprint density at radius 2 is 1.91 bits per heavy atom. The van der Waals surface area contributed by atoms with Gasteiger partial charge in [-0.25, -0.2) is 5.43 Å². The highest BCUT2D eigenvalue weighted by molar-refractivity contribution is 5.85. The molecule has 2 N–H and O–H groups in total. The average molecular weight is 314 g/mol. The number of para-hydroxylation sites is 1. The summed E-state index contributed by atoms with van der Waals surface area (Å²) in [5, 5.41) is 13.4. The minimum absolute atomic E-state index is 0.102. The monoisotopic (exact) mass is 314 g/mol. The molecule has 0 aliphatic rings. The number of hydrogen-bond acceptors (Lipinski definition) is 5. The lowest BCUT2D eigenvalue weighted by atomic mass is 10.1. The van der Waals surface area contributed by atoms with Crippen LogP contribution in [0.4, 0.5) is 0 Å². The van der Waals surface area contributed by atoms with E-state index in [1.807, 2.05) is 0 Å². The molecule has 0 radical (unpaired) electrons. The average Bonchev–Trinajstić information content (AvgIpc) is 2.56. The molecule has 2 aromatic carbocycles. The Hall–Kier alpha value is -3.02. The van der Waals surface area contributed by atoms with E-state index >= 15 is 0 Å². The standard InChI is InChI=1S/C17H18N2O4/c1-22-15-8-7-12(9-16(15)23-2)10-17(21)19-18-11-13-5-3-4-6-14(13)20/h3-9,11,20H,10H2,1-2H3,(H,19,21)/b18-11+. The topological polar surface area (TPSA) is 80.2 Å². The molecule has 23 heavy (non-hydrogen) atoms. The second-order valence-electron chi connectivity index (χ2n) is 4.72. The lowest BCUT2D eigenvalue weighted by Gasteiger charge is -2.09. The van der Waals surface area contributed by atoms with Crippen molar-refractivity contribution in [2.24, 2.45) is 5.10 Å². The van der Waals surface area contributed by atoms with E-state index in [1.54, 1.807) is 56.7 Å². The molecule has 0 saturated carbocycles. The Labute approximate surface area is 134 Å². The normalized spacial score (nSPS) is 10.5. The molecule has 120 valence electrons. The summed E-state index contributed by atoms with van der Waals surface area (Å²) in [7, 11) is 3.09. The third-order valence-corrected chi connectivity index (χ3v) is 3.14. The Morgan fingerprint density at radius 3 is 2.61 bits per heavy atom. The van der Waals surface area contributed by atoms with Crippen LogP contribution >= 0.6 is 0 Å². The summed E-state index contributed by atoms with van der Waals surface area (Å²) in [6.45, 7) is 0. The second-order valence-corrected chi connectivity index (χ2v) is 4.72. The molecule has 0 spiro atoms. The van der Waals surface area contributed by atoms with Crippen LogP contribution in [0.1, 0.15) is 11.1 Å². The summed E-state index contributed by atoms with van der Waals surface area (Å²) < 4.78 is 10.3. The van der Waals surface area contributed by atoms with Crippen LogP contribution in [0.15, 0.2) is 47.6 Å². The Bertz CT molecular complexity index is 713. The number of methoxy groups -OCH3 is 2. The van der Waals surface area contributed by atoms with Crippen LogP contribution in [0.5, 0.6) is 17.2 Å². The van der Waals surface area contributed by atoms with Gasteiger partial charge in [0.15, 0.2) is 11.5 Å². The Kier molecular flexibility index (Phi) is 5.57. The number of aromatic hydroxyl groups is 1. The lowest BCUT2D eigenvalue weighted by Crippen LogP contribution is -2.19. The first-order chi connectivity index (χ1) is 11.1. The van der Waals surface area contributed by atoms with Crippen LogP contribution in [-0.2, 0) is 11.2 Å². The van der Waals surface area contributed by atoms with E-state index in [1.165, 1.54) is 6.21 Å². The van der Waals surface area contributed by atoms with Crippen molar-refractivity contribution < 1.29 is 19.4 Å². The number of ether oxygens (including phenoxy) is 2. The number of phenolic OH excluding ortho intramolecular Hbond substituents is 1. The second kappa shape index (κ2) is 7.84. The molecule has 0 fully saturated rings. The molecule has 0 atom stereocenters. The first-order valence-corrected chi connectivity index (χ1v) is 6.95. The van der Waals surface area contributed by atoms with Gasteiger partial charge < -0.3 is 14.6 Å². The van der Waals surface area contributed by atoms with Crippen LogP contribution in [0.3, 0.4) is 0 Å². The lowest BCUT2D eigenvalue weighted by molar-refractivity contribution is -0.120. The van der Waals surface area contributed by atoms with E-state index in [-0.39, 0.29) is 18.1 Å². The maximum Gasteiger partial charge on any atom is 0.244 e. The van der Waals surface area contributed by atoms with Gasteiger partial charge in [-0.05, 0) is 29.8 Å². The van der Waals surface area contributed by atoms with Crippen molar-refractivity contribution in [2.45, 2.75) is 6.42 Å². The van der Waals surface area contributed by atoms with Crippen LogP contribution < -0.4 is 14.9 Å². The minimum Gasteiger partial charge on any atom is -0.507 e. The highest BCUT2D eigenvalue weighted by Gasteiger charge is 2.07. The van der Waals surface area contributed by atoms with Gasteiger partial charge in [-0.3, -0.25) is 4.79 Å². The molecule has 0 aliphatic carbocycles. The van der Waals surface area contributed by atoms with Crippen LogP contribution in [-0.4, -0.2) is 31.4 Å². The van der Waals surface area contributed by atoms with E-state index in [9.17, 15) is 9.90 Å². The first-order valence-electron chi connectivity index (χ1n) is 6.95. The summed E-state index contributed by atoms with van der Waals surface area (Å²) >= 11 is 0. The quantitative estimate of drug-likeness (QED) is 0.632. The first kappa shape index (κ1) is 16.4. The maximum absolute atomic E-state index is 11.9. The fourth-order valence-corrected chi connectivity index (χ4v) is 1.99. The van der Waals surface area contributed by atoms with Gasteiger partial charge in [-0.15, -0.1) is 0 Å². The molecule has 0 unspecified atom stereocenters. The number of rotatable bonds is 6. The fourth-order valence-electron chi connectivity index (χ4n) is 1.99. The largest absolute Gasteiger partial charge is 0.507 e. The number of carbonyl (C=O) groups excluding carboxylic acids is 1. The smallest absolute Gasteiger partial charge is 0.244 e. The minimum atomic E-state index is -0.274. The van der Waals surface area contributed by atoms with E-state index < -0.39 is 0 Å². The number of nitrogens with one attached hydrogen (secondary N) is 1. The van der Waals surface area contributed by atoms with Crippen molar-refractivity contribution in [3.8, 4) is 17.2 Å². The van der Waals surface area contributed by atoms with Gasteiger partial charge >= 0.3 is 0 Å². The van der Waals surface area contributed by atoms with Crippen molar-refractivity contribution in [1.29, 1.82) is 0 Å². The molecule has 2 aromatic rings. The third kappa shape index (κ3) is 4.47. The summed E-state index contributed by atoms with van der Waals surface area (Å²) in [6, 6.07) is 12.0. The fraction of sp³-hybridized carbons (Fsp3) is 0.176. The molecule has 0 saturated heterocycles. The molecule has 1 amide bonds. The molecule has 6 heteroatoms. The number of benzene rings is 2. The summed E-state index contributed by atoms with van der Waals surface area (Å²) in [5.41, 5.74) is 3.72. The predicted octanol–water partition coefficient (Wildman–Crippen LogP) is 2.10. The van der Waals surface area contributed by atoms with Crippen molar-refractivity contribution in [1.82, 2.24) is 5.43 Å². The zero-order chi connectivity index (χ0) is 16.7. The SMILES string of the molecule is COc1ccc(CC(=O)N/N=C/c2ccccc2O)cc1OC. The number of carbonyl (C=O) groups is 1. The van der Waals surface area contributed by atoms with E-state index in [2.05, 4.69) is 10.5 Å². The van der Waals surface area contributed by atoms with E-state index in [0.717, 1.165) is 5.56 Å². The van der Waals surface area contributed by atoms with Gasteiger partial charge in [0.1, 0.15) is 5.75 Å². The molecule has 6 nitrogen and oxygen atoms in total. The van der Waals surface area contributed by atoms with Crippen molar-refractivity contribution in [3.05, 3.63) is 53.6 Å². The van der Waals surface area contributed by atoms with Crippen molar-refractivity contribution in [2.75, 3.05) is 14.2 Å². The van der Waals surface area contributed by atoms with Gasteiger partial charge in [0.05, 0.1) is 26.9 Å². The van der Waals surface area contributed by atoms with Crippen molar-refractivity contribution >= 4 is 12.1 Å². The zero-order valence-electron chi connectivity index (χ0n) is 12.9. The summed E-state index contributed by atoms with van der Waals surface area (Å²) in [5.74, 6) is 0.999. The van der Waals surface area contributed by atoms with Gasteiger partial charge in [0, 0.05) is 5.56 Å². The molecular formula is C17H18N2O4. The van der Waals surface area contributed by atoms with E-state index in [4.69, 9.17) is 9.47 Å². The number of phenols is 1. The summed E-state index contributed by atoms with van der Waals surface area (Å²) in [6.07, 6.45) is 1.54. The molecule has 2 rings (SSSR count). The number of hydrogen-bond donors (Lipinski definition) is 2. The van der Waals surface area contributed by atoms with Crippen LogP contribution in [0.2, 0.25) is 0 Å². The Morgan fingerprint density at radius 1 is 1.17 bits per heavy atom. The third-order valence-electron chi connectivity index (χ3n) is 3.14. The molecule has 0 aliphatic heterocycles. The highest BCUT2D eigenvalue weighted by Crippen LogP contribution is 2.27. The molecule has 0 bridgehead atoms. The van der Waals surface area contributed by atoms with E-state index in [0.29, 0.717) is 17.1 Å². The zero-order valence-corrected chi connectivity index (χ0v) is 12.9. The van der Waals surface area contributed by atoms with Crippen LogP contribution in [0.25, 0.3) is 0 Å². The molecule has 0 aromatic heterocycles. The van der Waals surface area contributed by atoms with Gasteiger partial charge in [-0.1, -0.05) is 18.2 Å². The van der Waals surface area contributed by atoms with Crippen molar-refractivity contribution in [3.63, 3.8) is 0 Å². The highest BCUT2D eigenvalue weighted by atomic mass is 16.5. The summed E-state index contributed by atoms with van der Waals surface area (Å²) in [4.78, 5) is 11.9. The Balaban J connectivity index is 1.96. The van der Waals surface area contributed by atoms with Crippen LogP contribution in [0, 0.1) is 0 Å². The number of amides is 1. The molecule has 0 heterocycles. The van der Waals surface area contributed by atoms with Gasteiger partial charge in [0.25, 0.3) is 0 Å². The van der Waals surface area contributed by atoms with Gasteiger partial charge in [-0.2, -0.15) is 5.10 Å². The maximum atomic E-state index is 11.9. The number of nitrogens with zero attached hydrogens (tertiary/aromatic N) is 1. The molecular weight excluding hydrogens is 296 g/mol. The predicted molar refractivity (Wildman–Crippen MR) is 87.1 cm³/mol. The van der Waals surface area contributed by atoms with Gasteiger partial charge in [0.2, 0.25) is 5.91 Å². The number of hydrazone groups is 1.